The van der Waals surface area contributed by atoms with E-state index in [1.165, 1.54) is 5.71 Å². The summed E-state index contributed by atoms with van der Waals surface area (Å²) in [5, 5.41) is 13.5. The van der Waals surface area contributed by atoms with Crippen molar-refractivity contribution < 1.29 is 0 Å². The average Bonchev–Trinajstić information content (AvgIpc) is 2.46. The van der Waals surface area contributed by atoms with Crippen molar-refractivity contribution in [2.45, 2.75) is 32.9 Å². The zero-order valence-electron chi connectivity index (χ0n) is 8.90. The van der Waals surface area contributed by atoms with E-state index >= 15 is 0 Å². The van der Waals surface area contributed by atoms with Crippen LogP contribution in [0.1, 0.15) is 26.6 Å². The van der Waals surface area contributed by atoms with E-state index in [0.29, 0.717) is 0 Å². The second kappa shape index (κ2) is 3.08. The van der Waals surface area contributed by atoms with Crippen molar-refractivity contribution in [3.05, 3.63) is 5.82 Å². The molecule has 0 aliphatic carbocycles. The van der Waals surface area contributed by atoms with Gasteiger partial charge in [-0.2, -0.15) is 9.78 Å². The minimum absolute atomic E-state index is 0.126. The van der Waals surface area contributed by atoms with Gasteiger partial charge in [-0.3, -0.25) is 0 Å². The molecule has 0 fully saturated rings. The van der Waals surface area contributed by atoms with Crippen LogP contribution < -0.4 is 0 Å². The minimum atomic E-state index is 0.126. The van der Waals surface area contributed by atoms with Crippen LogP contribution in [-0.4, -0.2) is 26.3 Å². The van der Waals surface area contributed by atoms with Crippen LogP contribution >= 0.6 is 11.8 Å². The summed E-state index contributed by atoms with van der Waals surface area (Å²) in [6.45, 7) is 8.46. The van der Waals surface area contributed by atoms with Gasteiger partial charge in [-0.1, -0.05) is 32.5 Å². The molecule has 0 saturated carbocycles. The number of aryl methyl sites for hydroxylation is 1. The lowest BCUT2D eigenvalue weighted by Gasteiger charge is -2.23. The maximum absolute atomic E-state index is 4.56. The van der Waals surface area contributed by atoms with Crippen molar-refractivity contribution in [1.82, 2.24) is 14.9 Å². The molecule has 0 amide bonds. The Morgan fingerprint density at radius 2 is 2.00 bits per heavy atom. The van der Waals surface area contributed by atoms with Gasteiger partial charge in [0.25, 0.3) is 0 Å². The fourth-order valence-corrected chi connectivity index (χ4v) is 2.34. The predicted octanol–water partition coefficient (Wildman–Crippen LogP) is 1.94. The highest BCUT2D eigenvalue weighted by Gasteiger charge is 2.25. The molecular formula is C9H14N4S. The van der Waals surface area contributed by atoms with Crippen molar-refractivity contribution in [1.29, 1.82) is 0 Å². The van der Waals surface area contributed by atoms with Gasteiger partial charge in [-0.05, 0) is 6.92 Å². The summed E-state index contributed by atoms with van der Waals surface area (Å²) in [6, 6.07) is 0. The van der Waals surface area contributed by atoms with E-state index in [2.05, 4.69) is 36.1 Å². The number of hydrogen-bond acceptors (Lipinski definition) is 4. The Balaban J connectivity index is 2.44. The van der Waals surface area contributed by atoms with Crippen LogP contribution in [0.5, 0.6) is 0 Å². The Hall–Kier alpha value is -0.840. The quantitative estimate of drug-likeness (QED) is 0.657. The molecule has 5 heteroatoms. The Kier molecular flexibility index (Phi) is 2.14. The lowest BCUT2D eigenvalue weighted by molar-refractivity contribution is 0.571. The van der Waals surface area contributed by atoms with Gasteiger partial charge in [0.15, 0.2) is 5.82 Å². The van der Waals surface area contributed by atoms with E-state index in [0.717, 1.165) is 16.7 Å². The summed E-state index contributed by atoms with van der Waals surface area (Å²) in [4.78, 5) is 0. The molecule has 76 valence electrons. The number of nitrogens with zero attached hydrogens (tertiary/aromatic N) is 4. The van der Waals surface area contributed by atoms with Crippen molar-refractivity contribution in [2.75, 3.05) is 5.75 Å². The van der Waals surface area contributed by atoms with Gasteiger partial charge in [-0.15, -0.1) is 10.2 Å². The molecule has 1 aliphatic rings. The van der Waals surface area contributed by atoms with Gasteiger partial charge in [0.2, 0.25) is 5.16 Å². The van der Waals surface area contributed by atoms with Crippen molar-refractivity contribution in [3.8, 4) is 0 Å². The summed E-state index contributed by atoms with van der Waals surface area (Å²) in [5.74, 6) is 1.77. The van der Waals surface area contributed by atoms with Gasteiger partial charge in [0.1, 0.15) is 0 Å². The number of fused-ring (bicyclic) bond motifs is 1. The number of aromatic nitrogens is 3. The highest BCUT2D eigenvalue weighted by atomic mass is 32.2. The third-order valence-electron chi connectivity index (χ3n) is 2.19. The Morgan fingerprint density at radius 3 is 2.64 bits per heavy atom. The van der Waals surface area contributed by atoms with Crippen molar-refractivity contribution >= 4 is 17.5 Å². The van der Waals surface area contributed by atoms with E-state index < -0.39 is 0 Å². The first-order chi connectivity index (χ1) is 6.48. The van der Waals surface area contributed by atoms with Crippen LogP contribution in [0.4, 0.5) is 0 Å². The van der Waals surface area contributed by atoms with E-state index in [9.17, 15) is 0 Å². The molecule has 0 saturated heterocycles. The number of thioether (sulfide) groups is 1. The maximum atomic E-state index is 4.56. The molecule has 0 radical (unpaired) electrons. The van der Waals surface area contributed by atoms with E-state index in [1.54, 1.807) is 11.8 Å². The summed E-state index contributed by atoms with van der Waals surface area (Å²) < 4.78 is 1.83. The van der Waals surface area contributed by atoms with E-state index in [1.807, 2.05) is 11.6 Å². The standard InChI is InChI=1S/C9H14N4S/c1-6-10-11-8-13(6)12-7(5-14-8)9(2,3)4/h5H2,1-4H3. The largest absolute Gasteiger partial charge is 0.212 e. The molecule has 1 aromatic heterocycles. The highest BCUT2D eigenvalue weighted by Crippen LogP contribution is 2.28. The molecule has 0 bridgehead atoms. The molecule has 0 atom stereocenters. The molecule has 2 heterocycles. The molecule has 1 aromatic rings. The van der Waals surface area contributed by atoms with Crippen LogP contribution in [0.3, 0.4) is 0 Å². The summed E-state index contributed by atoms with van der Waals surface area (Å²) in [6.07, 6.45) is 0. The van der Waals surface area contributed by atoms with Crippen molar-refractivity contribution in [3.63, 3.8) is 0 Å². The number of hydrogen-bond donors (Lipinski definition) is 0. The van der Waals surface area contributed by atoms with Gasteiger partial charge in [0, 0.05) is 11.2 Å². The molecule has 2 rings (SSSR count). The first-order valence-corrected chi connectivity index (χ1v) is 5.60. The SMILES string of the molecule is Cc1nnc2n1N=C(C(C)(C)C)CS2. The van der Waals surface area contributed by atoms with Crippen LogP contribution in [-0.2, 0) is 0 Å². The molecule has 14 heavy (non-hydrogen) atoms. The zero-order chi connectivity index (χ0) is 10.3. The van der Waals surface area contributed by atoms with Gasteiger partial charge in [-0.25, -0.2) is 0 Å². The summed E-state index contributed by atoms with van der Waals surface area (Å²) >= 11 is 1.70. The smallest absolute Gasteiger partial charge is 0.192 e. The molecular weight excluding hydrogens is 196 g/mol. The second-order valence-electron chi connectivity index (χ2n) is 4.43. The third kappa shape index (κ3) is 1.56. The Morgan fingerprint density at radius 1 is 1.29 bits per heavy atom. The first kappa shape index (κ1) is 9.71. The van der Waals surface area contributed by atoms with Crippen molar-refractivity contribution in [2.24, 2.45) is 10.5 Å². The highest BCUT2D eigenvalue weighted by molar-refractivity contribution is 7.99. The van der Waals surface area contributed by atoms with Crippen LogP contribution in [0, 0.1) is 12.3 Å². The lowest BCUT2D eigenvalue weighted by atomic mass is 9.91. The zero-order valence-corrected chi connectivity index (χ0v) is 9.72. The normalized spacial score (nSPS) is 16.4. The molecule has 0 spiro atoms. The molecule has 0 unspecified atom stereocenters. The minimum Gasteiger partial charge on any atom is -0.192 e. The Labute approximate surface area is 87.8 Å². The fraction of sp³-hybridized carbons (Fsp3) is 0.667. The maximum Gasteiger partial charge on any atom is 0.212 e. The van der Waals surface area contributed by atoms with Crippen LogP contribution in [0.15, 0.2) is 10.3 Å². The van der Waals surface area contributed by atoms with E-state index in [4.69, 9.17) is 0 Å². The molecule has 4 nitrogen and oxygen atoms in total. The Bertz CT molecular complexity index is 386. The number of rotatable bonds is 0. The van der Waals surface area contributed by atoms with Crippen LogP contribution in [0.25, 0.3) is 0 Å². The van der Waals surface area contributed by atoms with Gasteiger partial charge >= 0.3 is 0 Å². The van der Waals surface area contributed by atoms with Crippen LogP contribution in [0.2, 0.25) is 0 Å². The topological polar surface area (TPSA) is 43.1 Å². The monoisotopic (exact) mass is 210 g/mol. The molecule has 1 aliphatic heterocycles. The summed E-state index contributed by atoms with van der Waals surface area (Å²) in [7, 11) is 0. The summed E-state index contributed by atoms with van der Waals surface area (Å²) in [5.41, 5.74) is 1.32. The lowest BCUT2D eigenvalue weighted by Crippen LogP contribution is -2.26. The first-order valence-electron chi connectivity index (χ1n) is 4.61. The van der Waals surface area contributed by atoms with Gasteiger partial charge in [0.05, 0.1) is 5.71 Å². The fourth-order valence-electron chi connectivity index (χ4n) is 1.19. The molecule has 0 aromatic carbocycles. The second-order valence-corrected chi connectivity index (χ2v) is 5.37. The predicted molar refractivity (Wildman–Crippen MR) is 57.8 cm³/mol. The average molecular weight is 210 g/mol. The molecule has 0 N–H and O–H groups in total. The van der Waals surface area contributed by atoms with E-state index in [-0.39, 0.29) is 5.41 Å². The third-order valence-corrected chi connectivity index (χ3v) is 3.12. The van der Waals surface area contributed by atoms with Gasteiger partial charge < -0.3 is 0 Å².